The number of hydrogen-bond donors (Lipinski definition) is 2. The van der Waals surface area contributed by atoms with Gasteiger partial charge in [0, 0.05) is 44.4 Å². The number of fused-ring (bicyclic) bond motifs is 2. The second-order valence-corrected chi connectivity index (χ2v) is 7.50. The number of H-pyrrole nitrogens is 1. The molecule has 2 aliphatic rings. The van der Waals surface area contributed by atoms with Crippen LogP contribution in [0.3, 0.4) is 0 Å². The number of anilines is 2. The van der Waals surface area contributed by atoms with Crippen molar-refractivity contribution in [2.24, 2.45) is 18.9 Å². The van der Waals surface area contributed by atoms with Crippen molar-refractivity contribution in [3.8, 4) is 5.88 Å². The van der Waals surface area contributed by atoms with Crippen molar-refractivity contribution in [2.45, 2.75) is 6.10 Å². The summed E-state index contributed by atoms with van der Waals surface area (Å²) in [4.78, 5) is 25.6. The first-order valence-corrected chi connectivity index (χ1v) is 9.29. The highest BCUT2D eigenvalue weighted by Crippen LogP contribution is 2.48. The molecule has 0 bridgehead atoms. The molecule has 1 unspecified atom stereocenters. The molecule has 1 aliphatic heterocycles. The fourth-order valence-electron chi connectivity index (χ4n) is 3.80. The first-order chi connectivity index (χ1) is 13.5. The van der Waals surface area contributed by atoms with Gasteiger partial charge in [0.1, 0.15) is 11.8 Å². The number of nitrogens with zero attached hydrogens (tertiary/aromatic N) is 5. The molecule has 0 radical (unpaired) electrons. The predicted molar refractivity (Wildman–Crippen MR) is 104 cm³/mol. The summed E-state index contributed by atoms with van der Waals surface area (Å²) in [5, 5.41) is 8.42. The molecule has 28 heavy (non-hydrogen) atoms. The third kappa shape index (κ3) is 2.78. The Morgan fingerprint density at radius 3 is 2.89 bits per heavy atom. The Kier molecular flexibility index (Phi) is 3.80. The van der Waals surface area contributed by atoms with Crippen LogP contribution in [0, 0.1) is 11.8 Å². The van der Waals surface area contributed by atoms with E-state index in [4.69, 9.17) is 16.3 Å². The molecule has 2 fully saturated rings. The lowest BCUT2D eigenvalue weighted by atomic mass is 10.3. The van der Waals surface area contributed by atoms with Crippen LogP contribution in [0.4, 0.5) is 11.6 Å². The Morgan fingerprint density at radius 1 is 1.43 bits per heavy atom. The summed E-state index contributed by atoms with van der Waals surface area (Å²) in [6.07, 6.45) is 6.55. The molecule has 4 heterocycles. The number of amides is 1. The molecule has 1 amide bonds. The highest BCUT2D eigenvalue weighted by molar-refractivity contribution is 6.35. The van der Waals surface area contributed by atoms with Gasteiger partial charge < -0.3 is 19.9 Å². The molecule has 144 valence electrons. The quantitative estimate of drug-likeness (QED) is 0.637. The van der Waals surface area contributed by atoms with Gasteiger partial charge in [-0.2, -0.15) is 15.1 Å². The normalized spacial score (nSPS) is 22.9. The third-order valence-corrected chi connectivity index (χ3v) is 5.56. The summed E-state index contributed by atoms with van der Waals surface area (Å²) in [6.45, 7) is 4.90. The number of hydrogen-bond acceptors (Lipinski definition) is 6. The van der Waals surface area contributed by atoms with Crippen molar-refractivity contribution in [3.05, 3.63) is 36.3 Å². The number of ether oxygens (including phenoxy) is 1. The smallest absolute Gasteiger partial charge is 0.245 e. The molecule has 3 atom stereocenters. The van der Waals surface area contributed by atoms with E-state index in [-0.39, 0.29) is 12.0 Å². The van der Waals surface area contributed by atoms with E-state index >= 15 is 0 Å². The van der Waals surface area contributed by atoms with Gasteiger partial charge in [0.05, 0.1) is 22.3 Å². The van der Waals surface area contributed by atoms with Crippen LogP contribution in [-0.4, -0.2) is 54.7 Å². The number of carbonyl (C=O) groups excluding carboxylic acids is 1. The number of halogens is 1. The van der Waals surface area contributed by atoms with E-state index in [0.717, 1.165) is 5.69 Å². The lowest BCUT2D eigenvalue weighted by Crippen LogP contribution is -2.31. The molecular weight excluding hydrogens is 382 g/mol. The highest BCUT2D eigenvalue weighted by atomic mass is 35.5. The lowest BCUT2D eigenvalue weighted by molar-refractivity contribution is -0.125. The van der Waals surface area contributed by atoms with Crippen molar-refractivity contribution < 1.29 is 9.53 Å². The van der Waals surface area contributed by atoms with Crippen LogP contribution in [0.15, 0.2) is 31.2 Å². The number of aromatic amines is 1. The summed E-state index contributed by atoms with van der Waals surface area (Å²) < 4.78 is 7.90. The average molecular weight is 400 g/mol. The largest absolute Gasteiger partial charge is 0.473 e. The fourth-order valence-corrected chi connectivity index (χ4v) is 4.03. The van der Waals surface area contributed by atoms with Gasteiger partial charge in [-0.25, -0.2) is 0 Å². The molecule has 1 saturated carbocycles. The van der Waals surface area contributed by atoms with E-state index in [1.165, 1.54) is 6.08 Å². The zero-order valence-corrected chi connectivity index (χ0v) is 15.8. The minimum atomic E-state index is -0.0352. The second-order valence-electron chi connectivity index (χ2n) is 7.10. The summed E-state index contributed by atoms with van der Waals surface area (Å²) in [6, 6.07) is 0. The van der Waals surface area contributed by atoms with E-state index in [1.807, 2.05) is 13.2 Å². The van der Waals surface area contributed by atoms with Gasteiger partial charge in [0.25, 0.3) is 0 Å². The van der Waals surface area contributed by atoms with E-state index in [2.05, 4.69) is 31.9 Å². The van der Waals surface area contributed by atoms with Crippen molar-refractivity contribution in [1.29, 1.82) is 0 Å². The number of carbonyl (C=O) groups is 1. The maximum atomic E-state index is 11.8. The van der Waals surface area contributed by atoms with Crippen molar-refractivity contribution in [1.82, 2.24) is 29.6 Å². The predicted octanol–water partition coefficient (Wildman–Crippen LogP) is 2.11. The average Bonchev–Trinajstić information content (AvgIpc) is 3.11. The highest BCUT2D eigenvalue weighted by Gasteiger charge is 2.59. The van der Waals surface area contributed by atoms with Crippen LogP contribution in [0.25, 0.3) is 11.0 Å². The van der Waals surface area contributed by atoms with E-state index < -0.39 is 0 Å². The number of nitrogens with one attached hydrogen (secondary N) is 2. The SMILES string of the molecule is C=CC(=O)N1C[C@@H]2C(Oc3nc(Nc4cnn(C)c4)nc4[nH]cc(Cl)c34)[C@@H]2C1. The number of aryl methyl sites for hydroxylation is 1. The Morgan fingerprint density at radius 2 is 2.21 bits per heavy atom. The van der Waals surface area contributed by atoms with Crippen molar-refractivity contribution in [3.63, 3.8) is 0 Å². The molecule has 3 aromatic heterocycles. The monoisotopic (exact) mass is 399 g/mol. The van der Waals surface area contributed by atoms with Gasteiger partial charge in [-0.1, -0.05) is 18.2 Å². The summed E-state index contributed by atoms with van der Waals surface area (Å²) in [5.74, 6) is 1.40. The van der Waals surface area contributed by atoms with Gasteiger partial charge >= 0.3 is 0 Å². The maximum Gasteiger partial charge on any atom is 0.245 e. The topological polar surface area (TPSA) is 101 Å². The van der Waals surface area contributed by atoms with Gasteiger partial charge in [-0.15, -0.1) is 0 Å². The van der Waals surface area contributed by atoms with Crippen molar-refractivity contribution >= 4 is 40.2 Å². The summed E-state index contributed by atoms with van der Waals surface area (Å²) >= 11 is 6.31. The molecule has 0 aromatic carbocycles. The second kappa shape index (κ2) is 6.23. The standard InChI is InChI=1S/C18H18ClN7O2/c1-3-13(27)26-7-10-11(8-26)15(10)28-17-14-12(19)5-20-16(14)23-18(24-17)22-9-4-21-25(2)6-9/h3-6,10-11,15H,1,7-8H2,2H3,(H2,20,22,23,24)/t10-,11+,15?. The van der Waals surface area contributed by atoms with Crippen LogP contribution in [-0.2, 0) is 11.8 Å². The van der Waals surface area contributed by atoms with Crippen LogP contribution < -0.4 is 10.1 Å². The molecule has 1 saturated heterocycles. The fraction of sp³-hybridized carbons (Fsp3) is 0.333. The Labute approximate surface area is 165 Å². The minimum absolute atomic E-state index is 0.0178. The number of piperidine rings is 1. The molecule has 2 N–H and O–H groups in total. The lowest BCUT2D eigenvalue weighted by Gasteiger charge is -2.18. The number of likely N-dealkylation sites (tertiary alicyclic amines) is 1. The van der Waals surface area contributed by atoms with E-state index in [0.29, 0.717) is 52.8 Å². The summed E-state index contributed by atoms with van der Waals surface area (Å²) in [5.41, 5.74) is 1.36. The molecule has 3 aromatic rings. The number of rotatable bonds is 5. The molecule has 9 nitrogen and oxygen atoms in total. The van der Waals surface area contributed by atoms with Gasteiger partial charge in [0.15, 0.2) is 0 Å². The maximum absolute atomic E-state index is 11.8. The zero-order chi connectivity index (χ0) is 19.4. The zero-order valence-electron chi connectivity index (χ0n) is 15.1. The third-order valence-electron chi connectivity index (χ3n) is 5.26. The van der Waals surface area contributed by atoms with Crippen LogP contribution >= 0.6 is 11.6 Å². The van der Waals surface area contributed by atoms with E-state index in [1.54, 1.807) is 22.0 Å². The molecule has 1 aliphatic carbocycles. The first kappa shape index (κ1) is 17.1. The van der Waals surface area contributed by atoms with Crippen LogP contribution in [0.5, 0.6) is 5.88 Å². The molecule has 10 heteroatoms. The Bertz CT molecular complexity index is 1080. The molecular formula is C18H18ClN7O2. The number of aromatic nitrogens is 5. The van der Waals surface area contributed by atoms with Gasteiger partial charge in [-0.3, -0.25) is 9.48 Å². The van der Waals surface area contributed by atoms with Gasteiger partial charge in [-0.05, 0) is 6.08 Å². The summed E-state index contributed by atoms with van der Waals surface area (Å²) in [7, 11) is 1.83. The molecule has 5 rings (SSSR count). The first-order valence-electron chi connectivity index (χ1n) is 8.92. The van der Waals surface area contributed by atoms with Crippen LogP contribution in [0.2, 0.25) is 5.02 Å². The Hall–Kier alpha value is -3.07. The molecule has 0 spiro atoms. The van der Waals surface area contributed by atoms with Crippen molar-refractivity contribution in [2.75, 3.05) is 18.4 Å². The van der Waals surface area contributed by atoms with Crippen LogP contribution in [0.1, 0.15) is 0 Å². The Balaban J connectivity index is 1.39. The van der Waals surface area contributed by atoms with Gasteiger partial charge in [0.2, 0.25) is 17.7 Å². The minimum Gasteiger partial charge on any atom is -0.473 e. The van der Waals surface area contributed by atoms with E-state index in [9.17, 15) is 4.79 Å².